The van der Waals surface area contributed by atoms with Crippen molar-refractivity contribution >= 4 is 17.3 Å². The minimum absolute atomic E-state index is 0.597. The quantitative estimate of drug-likeness (QED) is 0.785. The van der Waals surface area contributed by atoms with E-state index in [2.05, 4.69) is 38.2 Å². The van der Waals surface area contributed by atoms with Gasteiger partial charge >= 0.3 is 0 Å². The second-order valence-electron chi connectivity index (χ2n) is 5.98. The van der Waals surface area contributed by atoms with Crippen LogP contribution in [0.2, 0.25) is 5.02 Å². The Morgan fingerprint density at radius 1 is 1.17 bits per heavy atom. The monoisotopic (exact) mass is 265 g/mol. The zero-order valence-corrected chi connectivity index (χ0v) is 12.4. The first-order valence-electron chi connectivity index (χ1n) is 7.09. The highest BCUT2D eigenvalue weighted by Gasteiger charge is 2.23. The van der Waals surface area contributed by atoms with Crippen LogP contribution in [-0.2, 0) is 0 Å². The predicted octanol–water partition coefficient (Wildman–Crippen LogP) is 5.28. The highest BCUT2D eigenvalue weighted by atomic mass is 35.5. The summed E-state index contributed by atoms with van der Waals surface area (Å²) in [4.78, 5) is 0. The SMILES string of the molecule is Cc1ccc(Cl)c(NC2CCC(C(C)C)CC2)c1. The number of hydrogen-bond acceptors (Lipinski definition) is 1. The molecule has 1 nitrogen and oxygen atoms in total. The van der Waals surface area contributed by atoms with Crippen LogP contribution in [-0.4, -0.2) is 6.04 Å². The summed E-state index contributed by atoms with van der Waals surface area (Å²) in [6.07, 6.45) is 5.23. The number of rotatable bonds is 3. The first-order chi connectivity index (χ1) is 8.56. The van der Waals surface area contributed by atoms with Crippen LogP contribution in [0.15, 0.2) is 18.2 Å². The van der Waals surface area contributed by atoms with Crippen LogP contribution in [0.1, 0.15) is 45.1 Å². The molecule has 0 unspecified atom stereocenters. The molecule has 1 aliphatic rings. The van der Waals surface area contributed by atoms with Crippen molar-refractivity contribution in [3.05, 3.63) is 28.8 Å². The third-order valence-corrected chi connectivity index (χ3v) is 4.53. The summed E-state index contributed by atoms with van der Waals surface area (Å²) in [5.41, 5.74) is 2.36. The Balaban J connectivity index is 1.93. The van der Waals surface area contributed by atoms with E-state index >= 15 is 0 Å². The standard InChI is InChI=1S/C16H24ClN/c1-11(2)13-5-7-14(8-6-13)18-16-10-12(3)4-9-15(16)17/h4,9-11,13-14,18H,5-8H2,1-3H3. The summed E-state index contributed by atoms with van der Waals surface area (Å²) < 4.78 is 0. The van der Waals surface area contributed by atoms with Gasteiger partial charge in [-0.25, -0.2) is 0 Å². The molecule has 0 radical (unpaired) electrons. The fraction of sp³-hybridized carbons (Fsp3) is 0.625. The van der Waals surface area contributed by atoms with Crippen molar-refractivity contribution in [3.63, 3.8) is 0 Å². The molecular formula is C16H24ClN. The maximum atomic E-state index is 6.23. The predicted molar refractivity (Wildman–Crippen MR) is 80.4 cm³/mol. The maximum Gasteiger partial charge on any atom is 0.0637 e. The van der Waals surface area contributed by atoms with Gasteiger partial charge in [-0.3, -0.25) is 0 Å². The lowest BCUT2D eigenvalue weighted by molar-refractivity contribution is 0.267. The average molecular weight is 266 g/mol. The molecule has 0 atom stereocenters. The molecule has 1 aromatic rings. The van der Waals surface area contributed by atoms with Crippen molar-refractivity contribution in [3.8, 4) is 0 Å². The molecule has 0 saturated heterocycles. The fourth-order valence-electron chi connectivity index (χ4n) is 2.90. The normalized spacial score (nSPS) is 24.3. The second kappa shape index (κ2) is 5.97. The largest absolute Gasteiger partial charge is 0.381 e. The molecule has 0 heterocycles. The summed E-state index contributed by atoms with van der Waals surface area (Å²) in [7, 11) is 0. The molecule has 2 heteroatoms. The van der Waals surface area contributed by atoms with E-state index in [1.54, 1.807) is 0 Å². The van der Waals surface area contributed by atoms with E-state index in [0.717, 1.165) is 22.5 Å². The van der Waals surface area contributed by atoms with Gasteiger partial charge in [-0.1, -0.05) is 31.5 Å². The van der Waals surface area contributed by atoms with Gasteiger partial charge in [0.25, 0.3) is 0 Å². The van der Waals surface area contributed by atoms with E-state index in [1.165, 1.54) is 31.2 Å². The summed E-state index contributed by atoms with van der Waals surface area (Å²) in [5, 5.41) is 4.46. The molecule has 1 aliphatic carbocycles. The van der Waals surface area contributed by atoms with Gasteiger partial charge < -0.3 is 5.32 Å². The van der Waals surface area contributed by atoms with Crippen LogP contribution in [0, 0.1) is 18.8 Å². The third kappa shape index (κ3) is 3.41. The number of aryl methyl sites for hydroxylation is 1. The number of benzene rings is 1. The molecule has 0 amide bonds. The molecular weight excluding hydrogens is 242 g/mol. The van der Waals surface area contributed by atoms with E-state index in [0.29, 0.717) is 6.04 Å². The van der Waals surface area contributed by atoms with Gasteiger partial charge in [0.15, 0.2) is 0 Å². The zero-order chi connectivity index (χ0) is 13.1. The molecule has 0 aromatic heterocycles. The van der Waals surface area contributed by atoms with Crippen LogP contribution in [0.5, 0.6) is 0 Å². The number of anilines is 1. The lowest BCUT2D eigenvalue weighted by Gasteiger charge is -2.32. The molecule has 0 bridgehead atoms. The lowest BCUT2D eigenvalue weighted by Crippen LogP contribution is -2.28. The Morgan fingerprint density at radius 3 is 2.44 bits per heavy atom. The van der Waals surface area contributed by atoms with Crippen molar-refractivity contribution in [2.75, 3.05) is 5.32 Å². The number of halogens is 1. The Labute approximate surface area is 116 Å². The van der Waals surface area contributed by atoms with E-state index in [4.69, 9.17) is 11.6 Å². The molecule has 0 spiro atoms. The van der Waals surface area contributed by atoms with Crippen LogP contribution < -0.4 is 5.32 Å². The Hall–Kier alpha value is -0.690. The Morgan fingerprint density at radius 2 is 1.83 bits per heavy atom. The van der Waals surface area contributed by atoms with Crippen LogP contribution in [0.4, 0.5) is 5.69 Å². The Bertz CT molecular complexity index is 392. The average Bonchev–Trinajstić information content (AvgIpc) is 2.34. The van der Waals surface area contributed by atoms with E-state index in [9.17, 15) is 0 Å². The van der Waals surface area contributed by atoms with Gasteiger partial charge in [0.05, 0.1) is 10.7 Å². The molecule has 0 aliphatic heterocycles. The fourth-order valence-corrected chi connectivity index (χ4v) is 3.07. The first kappa shape index (κ1) is 13.7. The van der Waals surface area contributed by atoms with Gasteiger partial charge in [-0.05, 0) is 62.1 Å². The van der Waals surface area contributed by atoms with Crippen molar-refractivity contribution in [1.29, 1.82) is 0 Å². The Kier molecular flexibility index (Phi) is 4.55. The molecule has 1 fully saturated rings. The van der Waals surface area contributed by atoms with Crippen LogP contribution in [0.3, 0.4) is 0 Å². The highest BCUT2D eigenvalue weighted by molar-refractivity contribution is 6.33. The van der Waals surface area contributed by atoms with Gasteiger partial charge in [-0.2, -0.15) is 0 Å². The van der Waals surface area contributed by atoms with Crippen molar-refractivity contribution in [2.24, 2.45) is 11.8 Å². The molecule has 1 aromatic carbocycles. The van der Waals surface area contributed by atoms with Crippen LogP contribution in [0.25, 0.3) is 0 Å². The maximum absolute atomic E-state index is 6.23. The molecule has 2 rings (SSSR count). The zero-order valence-electron chi connectivity index (χ0n) is 11.7. The highest BCUT2D eigenvalue weighted by Crippen LogP contribution is 2.32. The summed E-state index contributed by atoms with van der Waals surface area (Å²) in [6, 6.07) is 6.79. The molecule has 100 valence electrons. The second-order valence-corrected chi connectivity index (χ2v) is 6.39. The minimum atomic E-state index is 0.597. The van der Waals surface area contributed by atoms with Gasteiger partial charge in [0.2, 0.25) is 0 Å². The number of nitrogens with one attached hydrogen (secondary N) is 1. The lowest BCUT2D eigenvalue weighted by atomic mass is 9.79. The molecule has 18 heavy (non-hydrogen) atoms. The van der Waals surface area contributed by atoms with E-state index in [-0.39, 0.29) is 0 Å². The number of hydrogen-bond donors (Lipinski definition) is 1. The smallest absolute Gasteiger partial charge is 0.0637 e. The summed E-state index contributed by atoms with van der Waals surface area (Å²) in [5.74, 6) is 1.74. The van der Waals surface area contributed by atoms with Crippen molar-refractivity contribution in [1.82, 2.24) is 0 Å². The van der Waals surface area contributed by atoms with Gasteiger partial charge in [-0.15, -0.1) is 0 Å². The van der Waals surface area contributed by atoms with E-state index in [1.807, 2.05) is 6.07 Å². The van der Waals surface area contributed by atoms with E-state index < -0.39 is 0 Å². The summed E-state index contributed by atoms with van der Waals surface area (Å²) in [6.45, 7) is 6.79. The van der Waals surface area contributed by atoms with Crippen molar-refractivity contribution in [2.45, 2.75) is 52.5 Å². The third-order valence-electron chi connectivity index (χ3n) is 4.20. The molecule has 1 N–H and O–H groups in total. The van der Waals surface area contributed by atoms with Gasteiger partial charge in [0.1, 0.15) is 0 Å². The summed E-state index contributed by atoms with van der Waals surface area (Å²) >= 11 is 6.23. The topological polar surface area (TPSA) is 12.0 Å². The minimum Gasteiger partial charge on any atom is -0.381 e. The van der Waals surface area contributed by atoms with Crippen molar-refractivity contribution < 1.29 is 0 Å². The first-order valence-corrected chi connectivity index (χ1v) is 7.46. The van der Waals surface area contributed by atoms with Gasteiger partial charge in [0, 0.05) is 6.04 Å². The molecule has 1 saturated carbocycles. The van der Waals surface area contributed by atoms with Crippen LogP contribution >= 0.6 is 11.6 Å².